The zero-order chi connectivity index (χ0) is 22.8. The van der Waals surface area contributed by atoms with E-state index in [0.717, 1.165) is 21.2 Å². The van der Waals surface area contributed by atoms with Crippen LogP contribution in [0.3, 0.4) is 0 Å². The van der Waals surface area contributed by atoms with Crippen LogP contribution in [0.5, 0.6) is 0 Å². The zero-order valence-electron chi connectivity index (χ0n) is 17.5. The van der Waals surface area contributed by atoms with Gasteiger partial charge in [-0.15, -0.1) is 11.3 Å². The minimum atomic E-state index is -1.02. The lowest BCUT2D eigenvalue weighted by molar-refractivity contribution is -0.134. The minimum absolute atomic E-state index is 0.196. The van der Waals surface area contributed by atoms with Gasteiger partial charge in [-0.3, -0.25) is 9.59 Å². The molecule has 33 heavy (non-hydrogen) atoms. The Bertz CT molecular complexity index is 1320. The number of aromatic nitrogens is 1. The van der Waals surface area contributed by atoms with Crippen molar-refractivity contribution in [2.24, 2.45) is 0 Å². The minimum Gasteiger partial charge on any atom is -0.322 e. The number of nitrogens with zero attached hydrogens (tertiary/aromatic N) is 2. The van der Waals surface area contributed by atoms with Crippen molar-refractivity contribution in [2.45, 2.75) is 18.5 Å². The molecule has 1 fully saturated rings. The van der Waals surface area contributed by atoms with Crippen LogP contribution < -0.4 is 10.6 Å². The highest BCUT2D eigenvalue weighted by Gasteiger charge is 2.45. The Hall–Kier alpha value is -4.04. The molecule has 0 saturated carbocycles. The first-order chi connectivity index (χ1) is 16.1. The van der Waals surface area contributed by atoms with E-state index < -0.39 is 29.9 Å². The number of hydrogen-bond acceptors (Lipinski definition) is 5. The van der Waals surface area contributed by atoms with Crippen LogP contribution in [0.4, 0.5) is 9.93 Å². The van der Waals surface area contributed by atoms with Crippen molar-refractivity contribution in [1.82, 2.24) is 15.2 Å². The fourth-order valence-electron chi connectivity index (χ4n) is 4.01. The molecule has 2 atom stereocenters. The number of amides is 4. The second kappa shape index (κ2) is 8.84. The molecule has 4 aromatic rings. The Labute approximate surface area is 194 Å². The number of carbonyl (C=O) groups excluding carboxylic acids is 3. The topological polar surface area (TPSA) is 91.4 Å². The largest absolute Gasteiger partial charge is 0.325 e. The van der Waals surface area contributed by atoms with Crippen molar-refractivity contribution in [3.63, 3.8) is 0 Å². The molecule has 7 nitrogen and oxygen atoms in total. The zero-order valence-corrected chi connectivity index (χ0v) is 18.3. The molecule has 0 aliphatic carbocycles. The predicted octanol–water partition coefficient (Wildman–Crippen LogP) is 4.14. The van der Waals surface area contributed by atoms with Gasteiger partial charge in [0, 0.05) is 18.0 Å². The molecule has 164 valence electrons. The number of carbonyl (C=O) groups is 3. The smallest absolute Gasteiger partial charge is 0.322 e. The maximum atomic E-state index is 13.4. The highest BCUT2D eigenvalue weighted by atomic mass is 32.1. The van der Waals surface area contributed by atoms with Crippen molar-refractivity contribution in [1.29, 1.82) is 0 Å². The highest BCUT2D eigenvalue weighted by molar-refractivity contribution is 7.13. The first kappa shape index (κ1) is 20.8. The third kappa shape index (κ3) is 4.20. The second-order valence-corrected chi connectivity index (χ2v) is 8.62. The number of anilines is 1. The Balaban J connectivity index is 1.46. The summed E-state index contributed by atoms with van der Waals surface area (Å²) in [6.07, 6.45) is 1.78. The van der Waals surface area contributed by atoms with Crippen LogP contribution in [0.1, 0.15) is 17.2 Å². The Morgan fingerprint density at radius 2 is 1.79 bits per heavy atom. The van der Waals surface area contributed by atoms with Gasteiger partial charge in [0.2, 0.25) is 5.91 Å². The van der Waals surface area contributed by atoms with E-state index in [-0.39, 0.29) is 6.42 Å². The molecule has 0 radical (unpaired) electrons. The fourth-order valence-corrected chi connectivity index (χ4v) is 4.55. The average Bonchev–Trinajstić information content (AvgIpc) is 3.45. The van der Waals surface area contributed by atoms with Gasteiger partial charge in [-0.25, -0.2) is 14.7 Å². The highest BCUT2D eigenvalue weighted by Crippen LogP contribution is 2.28. The van der Waals surface area contributed by atoms with E-state index in [4.69, 9.17) is 0 Å². The van der Waals surface area contributed by atoms with Crippen LogP contribution in [-0.2, 0) is 16.0 Å². The number of rotatable bonds is 6. The lowest BCUT2D eigenvalue weighted by Crippen LogP contribution is -2.49. The number of hydrogen-bond donors (Lipinski definition) is 2. The normalized spacial score (nSPS) is 16.6. The van der Waals surface area contributed by atoms with Crippen LogP contribution in [0.25, 0.3) is 10.8 Å². The van der Waals surface area contributed by atoms with E-state index in [1.807, 2.05) is 72.8 Å². The van der Waals surface area contributed by atoms with Gasteiger partial charge in [0.05, 0.1) is 0 Å². The lowest BCUT2D eigenvalue weighted by Gasteiger charge is -2.24. The maximum absolute atomic E-state index is 13.4. The van der Waals surface area contributed by atoms with Crippen LogP contribution in [0, 0.1) is 0 Å². The number of imide groups is 1. The van der Waals surface area contributed by atoms with Gasteiger partial charge in [-0.1, -0.05) is 66.7 Å². The third-order valence-electron chi connectivity index (χ3n) is 5.63. The number of urea groups is 1. The third-order valence-corrected chi connectivity index (χ3v) is 6.32. The predicted molar refractivity (Wildman–Crippen MR) is 127 cm³/mol. The SMILES string of the molecule is O=C(Nc1nccs1)[C@H](Cc1ccccc1)N1C(=O)NC(c2ccc3ccccc3c2)C1=O. The van der Waals surface area contributed by atoms with Crippen LogP contribution in [0.15, 0.2) is 84.4 Å². The van der Waals surface area contributed by atoms with Crippen molar-refractivity contribution in [2.75, 3.05) is 5.32 Å². The summed E-state index contributed by atoms with van der Waals surface area (Å²) < 4.78 is 0. The number of fused-ring (bicyclic) bond motifs is 1. The Kier molecular flexibility index (Phi) is 5.58. The van der Waals surface area contributed by atoms with E-state index in [2.05, 4.69) is 15.6 Å². The summed E-state index contributed by atoms with van der Waals surface area (Å²) in [5, 5.41) is 9.66. The molecular weight excluding hydrogens is 436 g/mol. The van der Waals surface area contributed by atoms with Crippen molar-refractivity contribution in [3.8, 4) is 0 Å². The molecule has 0 spiro atoms. The van der Waals surface area contributed by atoms with Gasteiger partial charge in [0.1, 0.15) is 12.1 Å². The quantitative estimate of drug-likeness (QED) is 0.427. The molecule has 4 amide bonds. The van der Waals surface area contributed by atoms with Gasteiger partial charge in [0.15, 0.2) is 5.13 Å². The van der Waals surface area contributed by atoms with E-state index in [9.17, 15) is 14.4 Å². The van der Waals surface area contributed by atoms with E-state index in [1.54, 1.807) is 11.6 Å². The van der Waals surface area contributed by atoms with E-state index >= 15 is 0 Å². The summed E-state index contributed by atoms with van der Waals surface area (Å²) in [6, 6.07) is 20.3. The number of thiazole rings is 1. The van der Waals surface area contributed by atoms with Crippen molar-refractivity contribution < 1.29 is 14.4 Å². The number of nitrogens with one attached hydrogen (secondary N) is 2. The molecule has 3 aromatic carbocycles. The van der Waals surface area contributed by atoms with Gasteiger partial charge in [-0.2, -0.15) is 0 Å². The fraction of sp³-hybridized carbons (Fsp3) is 0.120. The molecule has 1 aliphatic heterocycles. The maximum Gasteiger partial charge on any atom is 0.325 e. The molecule has 0 bridgehead atoms. The first-order valence-electron chi connectivity index (χ1n) is 10.5. The second-order valence-electron chi connectivity index (χ2n) is 7.73. The summed E-state index contributed by atoms with van der Waals surface area (Å²) >= 11 is 1.27. The van der Waals surface area contributed by atoms with E-state index in [0.29, 0.717) is 10.7 Å². The molecule has 5 rings (SSSR count). The van der Waals surface area contributed by atoms with Gasteiger partial charge in [-0.05, 0) is 28.0 Å². The van der Waals surface area contributed by atoms with Gasteiger partial charge < -0.3 is 10.6 Å². The van der Waals surface area contributed by atoms with Crippen LogP contribution >= 0.6 is 11.3 Å². The molecule has 1 saturated heterocycles. The molecule has 2 N–H and O–H groups in total. The molecular formula is C25H20N4O3S. The summed E-state index contributed by atoms with van der Waals surface area (Å²) in [6.45, 7) is 0. The lowest BCUT2D eigenvalue weighted by atomic mass is 10.0. The van der Waals surface area contributed by atoms with Gasteiger partial charge >= 0.3 is 6.03 Å². The summed E-state index contributed by atoms with van der Waals surface area (Å²) in [5.41, 5.74) is 1.51. The summed E-state index contributed by atoms with van der Waals surface area (Å²) in [4.78, 5) is 44.7. The molecule has 8 heteroatoms. The molecule has 2 heterocycles. The molecule has 1 aliphatic rings. The monoisotopic (exact) mass is 456 g/mol. The van der Waals surface area contributed by atoms with Crippen molar-refractivity contribution >= 4 is 45.1 Å². The van der Waals surface area contributed by atoms with Crippen molar-refractivity contribution in [3.05, 3.63) is 95.5 Å². The van der Waals surface area contributed by atoms with E-state index in [1.165, 1.54) is 11.3 Å². The summed E-state index contributed by atoms with van der Waals surface area (Å²) in [5.74, 6) is -0.915. The standard InChI is InChI=1S/C25H20N4O3S/c30-22(28-24-26-12-13-33-24)20(14-16-6-2-1-3-7-16)29-23(31)21(27-25(29)32)19-11-10-17-8-4-5-9-18(17)15-19/h1-13,15,20-21H,14H2,(H,27,32)(H,26,28,30)/t20-,21?/m0/s1. The van der Waals surface area contributed by atoms with Gasteiger partial charge in [0.25, 0.3) is 5.91 Å². The Morgan fingerprint density at radius 1 is 1.03 bits per heavy atom. The van der Waals surface area contributed by atoms with Crippen LogP contribution in [0.2, 0.25) is 0 Å². The first-order valence-corrected chi connectivity index (χ1v) is 11.3. The average molecular weight is 457 g/mol. The van der Waals surface area contributed by atoms with Crippen LogP contribution in [-0.4, -0.2) is 33.8 Å². The molecule has 1 unspecified atom stereocenters. The number of benzene rings is 3. The molecule has 1 aromatic heterocycles. The Morgan fingerprint density at radius 3 is 2.55 bits per heavy atom. The summed E-state index contributed by atoms with van der Waals surface area (Å²) in [7, 11) is 0.